The molecule has 0 saturated carbocycles. The minimum absolute atomic E-state index is 0.103. The van der Waals surface area contributed by atoms with Gasteiger partial charge in [-0.15, -0.1) is 0 Å². The SMILES string of the molecule is Cc1nn(-c2ccccc2)c2c1P(=O)(N1CC(C)OC(C)C1)OC(c1ccc(F)cc1)=N2. The summed E-state index contributed by atoms with van der Waals surface area (Å²) >= 11 is 0. The molecule has 1 aromatic heterocycles. The number of benzene rings is 2. The van der Waals surface area contributed by atoms with Gasteiger partial charge in [0.25, 0.3) is 0 Å². The second-order valence-electron chi connectivity index (χ2n) is 8.17. The molecule has 166 valence electrons. The van der Waals surface area contributed by atoms with Gasteiger partial charge in [0.15, 0.2) is 5.82 Å². The molecule has 0 amide bonds. The highest BCUT2D eigenvalue weighted by atomic mass is 31.2. The van der Waals surface area contributed by atoms with Crippen molar-refractivity contribution in [1.29, 1.82) is 0 Å². The maximum atomic E-state index is 14.7. The van der Waals surface area contributed by atoms with Crippen molar-refractivity contribution in [1.82, 2.24) is 14.5 Å². The van der Waals surface area contributed by atoms with Crippen LogP contribution in [0.15, 0.2) is 59.6 Å². The highest BCUT2D eigenvalue weighted by Crippen LogP contribution is 2.56. The molecule has 5 rings (SSSR count). The molecule has 2 aliphatic heterocycles. The maximum Gasteiger partial charge on any atom is 0.356 e. The lowest BCUT2D eigenvalue weighted by Gasteiger charge is -2.40. The zero-order valence-corrected chi connectivity index (χ0v) is 19.0. The minimum atomic E-state index is -3.58. The lowest BCUT2D eigenvalue weighted by Crippen LogP contribution is -2.46. The van der Waals surface area contributed by atoms with E-state index < -0.39 is 7.52 Å². The molecule has 32 heavy (non-hydrogen) atoms. The molecule has 3 atom stereocenters. The summed E-state index contributed by atoms with van der Waals surface area (Å²) in [5, 5.41) is 5.17. The lowest BCUT2D eigenvalue weighted by atomic mass is 10.2. The first-order valence-electron chi connectivity index (χ1n) is 10.6. The molecule has 0 radical (unpaired) electrons. The van der Waals surface area contributed by atoms with E-state index in [0.717, 1.165) is 5.69 Å². The Morgan fingerprint density at radius 3 is 2.34 bits per heavy atom. The van der Waals surface area contributed by atoms with Crippen LogP contribution in [0.5, 0.6) is 0 Å². The highest BCUT2D eigenvalue weighted by Gasteiger charge is 2.47. The molecule has 0 N–H and O–H groups in total. The summed E-state index contributed by atoms with van der Waals surface area (Å²) in [7, 11) is -3.58. The molecular weight excluding hydrogens is 430 g/mol. The fourth-order valence-electron chi connectivity index (χ4n) is 4.24. The fourth-order valence-corrected chi connectivity index (χ4v) is 6.85. The van der Waals surface area contributed by atoms with E-state index in [-0.39, 0.29) is 23.9 Å². The van der Waals surface area contributed by atoms with Crippen LogP contribution in [0.3, 0.4) is 0 Å². The standard InChI is InChI=1S/C23H24FN4O3P/c1-15-13-27(14-16(2)30-15)32(29)21-17(3)26-28(20-7-5-4-6-8-20)22(21)25-23(31-32)18-9-11-19(24)12-10-18/h4-12,15-16H,13-14H2,1-3H3. The van der Waals surface area contributed by atoms with Crippen LogP contribution in [0.2, 0.25) is 0 Å². The number of hydrogen-bond acceptors (Lipinski definition) is 5. The molecule has 1 fully saturated rings. The van der Waals surface area contributed by atoms with Crippen LogP contribution in [-0.4, -0.2) is 45.6 Å². The Hall–Kier alpha value is -2.80. The molecule has 3 unspecified atom stereocenters. The normalized spacial score (nSPS) is 25.7. The molecule has 0 bridgehead atoms. The van der Waals surface area contributed by atoms with Gasteiger partial charge in [-0.1, -0.05) is 18.2 Å². The first-order valence-corrected chi connectivity index (χ1v) is 12.1. The predicted molar refractivity (Wildman–Crippen MR) is 121 cm³/mol. The number of nitrogens with zero attached hydrogens (tertiary/aromatic N) is 4. The predicted octanol–water partition coefficient (Wildman–Crippen LogP) is 4.36. The summed E-state index contributed by atoms with van der Waals surface area (Å²) in [4.78, 5) is 4.71. The van der Waals surface area contributed by atoms with E-state index in [1.54, 1.807) is 16.8 Å². The summed E-state index contributed by atoms with van der Waals surface area (Å²) in [5.74, 6) is 0.286. The topological polar surface area (TPSA) is 69.0 Å². The minimum Gasteiger partial charge on any atom is -0.410 e. The van der Waals surface area contributed by atoms with Gasteiger partial charge in [-0.05, 0) is 57.2 Å². The number of ether oxygens (including phenoxy) is 1. The van der Waals surface area contributed by atoms with Crippen LogP contribution in [0, 0.1) is 12.7 Å². The Morgan fingerprint density at radius 2 is 1.69 bits per heavy atom. The largest absolute Gasteiger partial charge is 0.410 e. The number of aliphatic imine (C=N–C) groups is 1. The van der Waals surface area contributed by atoms with Crippen molar-refractivity contribution >= 4 is 24.5 Å². The average Bonchev–Trinajstić information content (AvgIpc) is 3.11. The van der Waals surface area contributed by atoms with Gasteiger partial charge in [-0.2, -0.15) is 10.1 Å². The zero-order chi connectivity index (χ0) is 22.5. The van der Waals surface area contributed by atoms with E-state index in [2.05, 4.69) is 5.10 Å². The van der Waals surface area contributed by atoms with Crippen LogP contribution in [0.25, 0.3) is 5.69 Å². The number of hydrogen-bond donors (Lipinski definition) is 0. The first kappa shape index (κ1) is 21.1. The molecule has 1 saturated heterocycles. The molecular formula is C23H24FN4O3P. The Labute approximate surface area is 186 Å². The molecule has 2 aliphatic rings. The monoisotopic (exact) mass is 454 g/mol. The van der Waals surface area contributed by atoms with Crippen molar-refractivity contribution in [3.05, 3.63) is 71.7 Å². The van der Waals surface area contributed by atoms with Gasteiger partial charge < -0.3 is 9.26 Å². The van der Waals surface area contributed by atoms with E-state index in [1.807, 2.05) is 55.8 Å². The average molecular weight is 454 g/mol. The third kappa shape index (κ3) is 3.58. The Bertz CT molecular complexity index is 1220. The van der Waals surface area contributed by atoms with E-state index >= 15 is 0 Å². The number of aromatic nitrogens is 2. The van der Waals surface area contributed by atoms with Crippen LogP contribution < -0.4 is 5.30 Å². The number of rotatable bonds is 3. The smallest absolute Gasteiger partial charge is 0.356 e. The van der Waals surface area contributed by atoms with Crippen LogP contribution in [0.4, 0.5) is 10.2 Å². The number of para-hydroxylation sites is 1. The quantitative estimate of drug-likeness (QED) is 0.551. The molecule has 9 heteroatoms. The van der Waals surface area contributed by atoms with Crippen molar-refractivity contribution in [3.63, 3.8) is 0 Å². The molecule has 0 aliphatic carbocycles. The van der Waals surface area contributed by atoms with Gasteiger partial charge >= 0.3 is 7.52 Å². The fraction of sp³-hybridized carbons (Fsp3) is 0.304. The summed E-state index contributed by atoms with van der Waals surface area (Å²) in [5.41, 5.74) is 1.95. The number of halogens is 1. The molecule has 3 aromatic rings. The molecule has 3 heterocycles. The summed E-state index contributed by atoms with van der Waals surface area (Å²) in [6, 6.07) is 15.4. The Kier molecular flexibility index (Phi) is 5.24. The van der Waals surface area contributed by atoms with E-state index in [0.29, 0.717) is 35.5 Å². The van der Waals surface area contributed by atoms with E-state index in [1.165, 1.54) is 12.1 Å². The Balaban J connectivity index is 1.71. The summed E-state index contributed by atoms with van der Waals surface area (Å²) in [6.07, 6.45) is -0.205. The van der Waals surface area contributed by atoms with E-state index in [9.17, 15) is 8.96 Å². The molecule has 2 aromatic carbocycles. The highest BCUT2D eigenvalue weighted by molar-refractivity contribution is 7.65. The molecule has 7 nitrogen and oxygen atoms in total. The maximum absolute atomic E-state index is 14.7. The van der Waals surface area contributed by atoms with Gasteiger partial charge in [0.2, 0.25) is 5.90 Å². The molecule has 0 spiro atoms. The first-order chi connectivity index (χ1) is 15.3. The lowest BCUT2D eigenvalue weighted by molar-refractivity contribution is -0.0464. The van der Waals surface area contributed by atoms with Crippen molar-refractivity contribution in [2.45, 2.75) is 33.0 Å². The summed E-state index contributed by atoms with van der Waals surface area (Å²) in [6.45, 7) is 6.63. The van der Waals surface area contributed by atoms with Gasteiger partial charge in [0.1, 0.15) is 11.1 Å². The van der Waals surface area contributed by atoms with Gasteiger partial charge in [0.05, 0.1) is 23.6 Å². The van der Waals surface area contributed by atoms with Crippen molar-refractivity contribution in [2.24, 2.45) is 4.99 Å². The van der Waals surface area contributed by atoms with Crippen LogP contribution in [0.1, 0.15) is 25.1 Å². The third-order valence-corrected chi connectivity index (χ3v) is 8.15. The number of morpholine rings is 1. The van der Waals surface area contributed by atoms with Crippen molar-refractivity contribution in [3.8, 4) is 5.69 Å². The number of aryl methyl sites for hydroxylation is 1. The van der Waals surface area contributed by atoms with Gasteiger partial charge in [-0.25, -0.2) is 13.7 Å². The second kappa shape index (κ2) is 7.96. The Morgan fingerprint density at radius 1 is 1.03 bits per heavy atom. The van der Waals surface area contributed by atoms with Crippen molar-refractivity contribution < 1.29 is 18.2 Å². The van der Waals surface area contributed by atoms with Crippen LogP contribution in [-0.2, 0) is 13.8 Å². The van der Waals surface area contributed by atoms with Crippen LogP contribution >= 0.6 is 7.52 Å². The number of fused-ring (bicyclic) bond motifs is 1. The van der Waals surface area contributed by atoms with Crippen molar-refractivity contribution in [2.75, 3.05) is 13.1 Å². The third-order valence-electron chi connectivity index (χ3n) is 5.57. The van der Waals surface area contributed by atoms with Gasteiger partial charge in [-0.3, -0.25) is 4.57 Å². The van der Waals surface area contributed by atoms with E-state index in [4.69, 9.17) is 14.3 Å². The zero-order valence-electron chi connectivity index (χ0n) is 18.1. The second-order valence-corrected chi connectivity index (χ2v) is 10.4. The van der Waals surface area contributed by atoms with Gasteiger partial charge in [0, 0.05) is 18.7 Å². The summed E-state index contributed by atoms with van der Waals surface area (Å²) < 4.78 is 43.8.